The summed E-state index contributed by atoms with van der Waals surface area (Å²) in [5.74, 6) is -0.604. The van der Waals surface area contributed by atoms with Gasteiger partial charge in [0, 0.05) is 45.1 Å². The summed E-state index contributed by atoms with van der Waals surface area (Å²) in [4.78, 5) is 28.0. The Morgan fingerprint density at radius 3 is 2.31 bits per heavy atom. The highest BCUT2D eigenvalue weighted by Crippen LogP contribution is 2.54. The lowest BCUT2D eigenvalue weighted by molar-refractivity contribution is -0.292. The molecular weight excluding hydrogens is 869 g/mol. The summed E-state index contributed by atoms with van der Waals surface area (Å²) in [6.07, 6.45) is 2.70. The highest BCUT2D eigenvalue weighted by molar-refractivity contribution is 6.74. The molecule has 9 saturated heterocycles. The van der Waals surface area contributed by atoms with Crippen molar-refractivity contribution in [2.24, 2.45) is 23.7 Å². The summed E-state index contributed by atoms with van der Waals surface area (Å²) in [6, 6.07) is 8.98. The molecule has 9 fully saturated rings. The predicted molar refractivity (Wildman–Crippen MR) is 255 cm³/mol. The first kappa shape index (κ1) is 49.7. The third-order valence-electron chi connectivity index (χ3n) is 17.5. The molecule has 19 atom stereocenters. The van der Waals surface area contributed by atoms with E-state index in [1.165, 1.54) is 0 Å². The summed E-state index contributed by atoms with van der Waals surface area (Å²) in [6.45, 7) is 27.8. The van der Waals surface area contributed by atoms with Crippen LogP contribution in [0.2, 0.25) is 18.1 Å². The van der Waals surface area contributed by atoms with Crippen LogP contribution < -0.4 is 0 Å². The molecule has 13 heteroatoms. The smallest absolute Gasteiger partial charge is 0.338 e. The van der Waals surface area contributed by atoms with Crippen molar-refractivity contribution >= 4 is 20.1 Å². The molecule has 0 radical (unpaired) electrons. The number of carbonyl (C=O) groups excluding carboxylic acids is 2. The van der Waals surface area contributed by atoms with E-state index in [0.29, 0.717) is 75.5 Å². The molecule has 1 spiro atoms. The number of ketones is 1. The van der Waals surface area contributed by atoms with Crippen LogP contribution in [0, 0.1) is 23.7 Å². The monoisotopic (exact) mass is 949 g/mol. The highest BCUT2D eigenvalue weighted by atomic mass is 28.4. The van der Waals surface area contributed by atoms with Crippen molar-refractivity contribution in [1.82, 2.24) is 0 Å². The Kier molecular flexibility index (Phi) is 14.6. The average molecular weight is 949 g/mol. The molecule has 10 bridgehead atoms. The Bertz CT molecular complexity index is 1950. The summed E-state index contributed by atoms with van der Waals surface area (Å²) >= 11 is 0. The Balaban J connectivity index is 0.967. The number of aliphatic hydroxyl groups excluding tert-OH is 1. The lowest BCUT2D eigenvalue weighted by atomic mass is 9.78. The summed E-state index contributed by atoms with van der Waals surface area (Å²) in [5.41, 5.74) is 2.12. The van der Waals surface area contributed by atoms with Crippen LogP contribution in [0.4, 0.5) is 0 Å². The van der Waals surface area contributed by atoms with Crippen LogP contribution in [0.15, 0.2) is 54.6 Å². The number of hydrogen-bond donors (Lipinski definition) is 1. The zero-order valence-corrected chi connectivity index (χ0v) is 42.5. The zero-order valence-electron chi connectivity index (χ0n) is 41.5. The van der Waals surface area contributed by atoms with Gasteiger partial charge in [0.05, 0.1) is 54.4 Å². The van der Waals surface area contributed by atoms with Gasteiger partial charge in [0.15, 0.2) is 14.1 Å². The predicted octanol–water partition coefficient (Wildman–Crippen LogP) is 9.22. The van der Waals surface area contributed by atoms with E-state index in [0.717, 1.165) is 24.8 Å². The molecule has 67 heavy (non-hydrogen) atoms. The minimum Gasteiger partial charge on any atom is -0.458 e. The van der Waals surface area contributed by atoms with Gasteiger partial charge in [-0.2, -0.15) is 0 Å². The molecule has 0 saturated carbocycles. The molecule has 0 aliphatic carbocycles. The van der Waals surface area contributed by atoms with Crippen molar-refractivity contribution in [2.75, 3.05) is 6.61 Å². The van der Waals surface area contributed by atoms with Crippen LogP contribution in [0.25, 0.3) is 0 Å². The molecule has 9 aliphatic rings. The van der Waals surface area contributed by atoms with Crippen LogP contribution in [0.5, 0.6) is 0 Å². The molecule has 9 aliphatic heterocycles. The first-order chi connectivity index (χ1) is 31.8. The van der Waals surface area contributed by atoms with E-state index in [1.54, 1.807) is 12.1 Å². The molecule has 1 aromatic carbocycles. The normalized spacial score (nSPS) is 43.2. The van der Waals surface area contributed by atoms with E-state index in [9.17, 15) is 14.7 Å². The summed E-state index contributed by atoms with van der Waals surface area (Å²) in [7, 11) is -1.92. The minimum absolute atomic E-state index is 0.00159. The summed E-state index contributed by atoms with van der Waals surface area (Å²) < 4.78 is 61.2. The van der Waals surface area contributed by atoms with Gasteiger partial charge in [-0.1, -0.05) is 72.9 Å². The van der Waals surface area contributed by atoms with E-state index in [1.807, 2.05) is 18.2 Å². The third-order valence-corrected chi connectivity index (χ3v) is 22.0. The number of esters is 1. The quantitative estimate of drug-likeness (QED) is 0.159. The van der Waals surface area contributed by atoms with E-state index >= 15 is 0 Å². The maximum absolute atomic E-state index is 14.4. The summed E-state index contributed by atoms with van der Waals surface area (Å²) in [5, 5.41) is 11.8. The Morgan fingerprint density at radius 2 is 1.55 bits per heavy atom. The Morgan fingerprint density at radius 1 is 0.836 bits per heavy atom. The van der Waals surface area contributed by atoms with Gasteiger partial charge in [0.25, 0.3) is 0 Å². The molecule has 9 heterocycles. The second kappa shape index (κ2) is 19.7. The number of rotatable bonds is 7. The molecule has 12 nitrogen and oxygen atoms in total. The van der Waals surface area contributed by atoms with Crippen molar-refractivity contribution in [3.8, 4) is 0 Å². The van der Waals surface area contributed by atoms with E-state index in [-0.39, 0.29) is 102 Å². The fraction of sp³-hybridized carbons (Fsp3) is 0.778. The number of fused-ring (bicyclic) bond motifs is 4. The van der Waals surface area contributed by atoms with Gasteiger partial charge in [0.1, 0.15) is 42.4 Å². The lowest BCUT2D eigenvalue weighted by Gasteiger charge is -2.47. The zero-order chi connectivity index (χ0) is 47.6. The molecule has 2 unspecified atom stereocenters. The first-order valence-electron chi connectivity index (χ1n) is 25.9. The van der Waals surface area contributed by atoms with Crippen LogP contribution in [0.3, 0.4) is 0 Å². The van der Waals surface area contributed by atoms with Crippen LogP contribution >= 0.6 is 0 Å². The number of benzene rings is 1. The molecule has 1 aromatic rings. The van der Waals surface area contributed by atoms with Gasteiger partial charge in [0.2, 0.25) is 0 Å². The number of carbonyl (C=O) groups is 2. The van der Waals surface area contributed by atoms with Gasteiger partial charge in [-0.25, -0.2) is 4.79 Å². The van der Waals surface area contributed by atoms with Gasteiger partial charge in [-0.15, -0.1) is 0 Å². The van der Waals surface area contributed by atoms with Gasteiger partial charge in [-0.05, 0) is 110 Å². The maximum atomic E-state index is 14.4. The molecular formula is C54H80O12Si. The standard InChI is InChI=1S/C54H80O12Si/c1-30(29-58-67(9,10)53(6,7)8)22-43-34(5)40-26-36(55)25-38-17-19-42-47(60-38)51-50-49(63-42)48-46(64-50)28-54(65-48,66-51)21-20-39(61-52(57)35-14-12-11-13-15-35)24-32(3)41(56)18-16-37-23-31(2)33(4)44(59-37)27-45(40)62-43/h11-15,30-31,34,37-51,56H,3-4,16-29H2,1-2,5-10H3/t30-,31+,34+,37-,38+,39-,40?,41+,42-,43+,44?,45-,46+,47-,48-,49-,50+,51-,54-/m0/s1. The van der Waals surface area contributed by atoms with Crippen molar-refractivity contribution < 1.29 is 57.0 Å². The van der Waals surface area contributed by atoms with Crippen molar-refractivity contribution in [3.63, 3.8) is 0 Å². The average Bonchev–Trinajstić information content (AvgIpc) is 3.82. The van der Waals surface area contributed by atoms with Crippen LogP contribution in [-0.4, -0.2) is 123 Å². The second-order valence-electron chi connectivity index (χ2n) is 23.5. The number of aliphatic hydroxyl groups is 1. The molecule has 1 N–H and O–H groups in total. The van der Waals surface area contributed by atoms with Crippen molar-refractivity contribution in [3.05, 3.63) is 60.2 Å². The second-order valence-corrected chi connectivity index (χ2v) is 28.3. The first-order valence-corrected chi connectivity index (χ1v) is 28.8. The van der Waals surface area contributed by atoms with E-state index in [2.05, 4.69) is 67.8 Å². The Hall–Kier alpha value is -2.30. The van der Waals surface area contributed by atoms with E-state index in [4.69, 9.17) is 42.3 Å². The fourth-order valence-electron chi connectivity index (χ4n) is 12.3. The third kappa shape index (κ3) is 10.5. The number of ether oxygens (including phenoxy) is 8. The molecule has 372 valence electrons. The number of hydrogen-bond acceptors (Lipinski definition) is 12. The number of Topliss-reactive ketones (excluding diaryl/α,β-unsaturated/α-hetero) is 1. The van der Waals surface area contributed by atoms with Crippen LogP contribution in [0.1, 0.15) is 135 Å². The largest absolute Gasteiger partial charge is 0.458 e. The van der Waals surface area contributed by atoms with Gasteiger partial charge >= 0.3 is 5.97 Å². The van der Waals surface area contributed by atoms with Gasteiger partial charge < -0.3 is 47.4 Å². The van der Waals surface area contributed by atoms with Crippen molar-refractivity contribution in [2.45, 2.75) is 234 Å². The topological polar surface area (TPSA) is 137 Å². The maximum Gasteiger partial charge on any atom is 0.338 e. The lowest BCUT2D eigenvalue weighted by Crippen LogP contribution is -2.61. The molecule has 10 rings (SSSR count). The van der Waals surface area contributed by atoms with Crippen LogP contribution in [-0.2, 0) is 47.1 Å². The minimum atomic E-state index is -1.92. The Labute approximate surface area is 400 Å². The van der Waals surface area contributed by atoms with Gasteiger partial charge in [-0.3, -0.25) is 4.79 Å². The highest BCUT2D eigenvalue weighted by Gasteiger charge is 2.68. The fourth-order valence-corrected chi connectivity index (χ4v) is 13.5. The van der Waals surface area contributed by atoms with E-state index < -0.39 is 44.5 Å². The molecule has 0 amide bonds. The molecule has 0 aromatic heterocycles. The SMILES string of the molecule is C=C1C2C[C@@H]3O[C@H](C[C@H](C)CO[Si](C)(C)C(C)(C)C)[C@H](C)C3CC(=O)C[C@H]3CC[C@@H]4O[C@@H]5[C@H]6O[C@@H]7C[C@](CC[C@H](OC(=O)c8ccccc8)CC(=C)[C@H](O)CC[C@@H](C[C@H]1C)O2)(O[C@H]6[C@H]4O3)O[C@H]57. The van der Waals surface area contributed by atoms with Crippen molar-refractivity contribution in [1.29, 1.82) is 0 Å².